The van der Waals surface area contributed by atoms with E-state index >= 15 is 0 Å². The fourth-order valence-corrected chi connectivity index (χ4v) is 3.82. The first-order valence-electron chi connectivity index (χ1n) is 12.8. The summed E-state index contributed by atoms with van der Waals surface area (Å²) >= 11 is 0. The van der Waals surface area contributed by atoms with Crippen LogP contribution >= 0.6 is 0 Å². The van der Waals surface area contributed by atoms with Gasteiger partial charge in [-0.1, -0.05) is 103 Å². The molecule has 0 atom stereocenters. The number of aliphatic hydroxyl groups excluding tert-OH is 1. The molecule has 2 nitrogen and oxygen atoms in total. The summed E-state index contributed by atoms with van der Waals surface area (Å²) in [4.78, 5) is 2.48. The molecule has 0 unspecified atom stereocenters. The van der Waals surface area contributed by atoms with Crippen molar-refractivity contribution >= 4 is 0 Å². The number of hydrogen-bond acceptors (Lipinski definition) is 2. The van der Waals surface area contributed by atoms with Gasteiger partial charge < -0.3 is 10.0 Å². The Balaban J connectivity index is 3.47. The number of nitrogens with zero attached hydrogens (tertiary/aromatic N) is 1. The third-order valence-electron chi connectivity index (χ3n) is 5.73. The van der Waals surface area contributed by atoms with Crippen LogP contribution in [0.4, 0.5) is 0 Å². The molecular formula is C26H53NO. The summed E-state index contributed by atoms with van der Waals surface area (Å²) in [5.74, 6) is 0. The Kier molecular flexibility index (Phi) is 24.4. The summed E-state index contributed by atoms with van der Waals surface area (Å²) in [6, 6.07) is 0. The predicted octanol–water partition coefficient (Wildman–Crippen LogP) is 7.90. The highest BCUT2D eigenvalue weighted by molar-refractivity contribution is 4.81. The van der Waals surface area contributed by atoms with Crippen molar-refractivity contribution in [1.82, 2.24) is 4.90 Å². The van der Waals surface area contributed by atoms with E-state index in [2.05, 4.69) is 30.9 Å². The molecule has 0 aromatic heterocycles. The molecule has 0 saturated heterocycles. The smallest absolute Gasteiger partial charge is 0.0558 e. The predicted molar refractivity (Wildman–Crippen MR) is 127 cm³/mol. The SMILES string of the molecule is CCCCC/C=C\CCCCCN(CCO)CCCCCCCCCCCC. The fraction of sp³-hybridized carbons (Fsp3) is 0.923. The molecule has 0 aromatic rings. The number of allylic oxidation sites excluding steroid dienone is 2. The van der Waals surface area contributed by atoms with E-state index in [-0.39, 0.29) is 0 Å². The Morgan fingerprint density at radius 3 is 1.39 bits per heavy atom. The van der Waals surface area contributed by atoms with E-state index in [9.17, 15) is 5.11 Å². The van der Waals surface area contributed by atoms with Gasteiger partial charge in [0, 0.05) is 6.54 Å². The lowest BCUT2D eigenvalue weighted by molar-refractivity contribution is 0.190. The van der Waals surface area contributed by atoms with Crippen molar-refractivity contribution in [3.63, 3.8) is 0 Å². The van der Waals surface area contributed by atoms with E-state index in [4.69, 9.17) is 0 Å². The summed E-state index contributed by atoms with van der Waals surface area (Å²) in [7, 11) is 0. The maximum Gasteiger partial charge on any atom is 0.0558 e. The highest BCUT2D eigenvalue weighted by Gasteiger charge is 2.03. The molecule has 28 heavy (non-hydrogen) atoms. The monoisotopic (exact) mass is 395 g/mol. The molecule has 0 heterocycles. The molecule has 0 aromatic carbocycles. The van der Waals surface area contributed by atoms with Gasteiger partial charge in [0.1, 0.15) is 0 Å². The standard InChI is InChI=1S/C26H53NO/c1-3-5-7-9-11-13-15-17-19-21-23-27(25-26-28)24-22-20-18-16-14-12-10-8-6-4-2/h11,13,28H,3-10,12,14-26H2,1-2H3/b13-11-. The van der Waals surface area contributed by atoms with Gasteiger partial charge in [0.2, 0.25) is 0 Å². The minimum Gasteiger partial charge on any atom is -0.395 e. The van der Waals surface area contributed by atoms with Crippen molar-refractivity contribution in [2.24, 2.45) is 0 Å². The highest BCUT2D eigenvalue weighted by atomic mass is 16.3. The summed E-state index contributed by atoms with van der Waals surface area (Å²) in [6.45, 7) is 8.05. The van der Waals surface area contributed by atoms with Gasteiger partial charge in [-0.3, -0.25) is 0 Å². The maximum absolute atomic E-state index is 9.31. The number of rotatable bonds is 23. The van der Waals surface area contributed by atoms with Crippen molar-refractivity contribution < 1.29 is 5.11 Å². The van der Waals surface area contributed by atoms with Crippen LogP contribution in [-0.2, 0) is 0 Å². The van der Waals surface area contributed by atoms with Crippen LogP contribution in [-0.4, -0.2) is 36.2 Å². The quantitative estimate of drug-likeness (QED) is 0.140. The molecule has 0 spiro atoms. The Morgan fingerprint density at radius 2 is 0.893 bits per heavy atom. The first-order chi connectivity index (χ1) is 13.8. The molecule has 0 saturated carbocycles. The third kappa shape index (κ3) is 22.0. The van der Waals surface area contributed by atoms with Gasteiger partial charge in [-0.25, -0.2) is 0 Å². The molecule has 0 fully saturated rings. The Bertz CT molecular complexity index is 303. The molecule has 1 N–H and O–H groups in total. The Morgan fingerprint density at radius 1 is 0.500 bits per heavy atom. The average Bonchev–Trinajstić information content (AvgIpc) is 2.70. The minimum absolute atomic E-state index is 0.304. The van der Waals surface area contributed by atoms with Crippen LogP contribution in [0.5, 0.6) is 0 Å². The zero-order chi connectivity index (χ0) is 20.5. The number of aliphatic hydroxyl groups is 1. The van der Waals surface area contributed by atoms with Gasteiger partial charge in [-0.15, -0.1) is 0 Å². The molecule has 0 aliphatic carbocycles. The summed E-state index contributed by atoms with van der Waals surface area (Å²) < 4.78 is 0. The topological polar surface area (TPSA) is 23.5 Å². The molecule has 0 radical (unpaired) electrons. The molecule has 0 bridgehead atoms. The minimum atomic E-state index is 0.304. The Labute approximate surface area is 178 Å². The van der Waals surface area contributed by atoms with E-state index in [1.54, 1.807) is 0 Å². The van der Waals surface area contributed by atoms with Crippen LogP contribution in [0.25, 0.3) is 0 Å². The van der Waals surface area contributed by atoms with Gasteiger partial charge in [-0.2, -0.15) is 0 Å². The number of hydrogen-bond donors (Lipinski definition) is 1. The van der Waals surface area contributed by atoms with Crippen LogP contribution in [0.1, 0.15) is 129 Å². The molecule has 0 aliphatic heterocycles. The highest BCUT2D eigenvalue weighted by Crippen LogP contribution is 2.11. The van der Waals surface area contributed by atoms with Crippen molar-refractivity contribution in [1.29, 1.82) is 0 Å². The zero-order valence-electron chi connectivity index (χ0n) is 19.6. The normalized spacial score (nSPS) is 11.9. The van der Waals surface area contributed by atoms with Crippen molar-refractivity contribution in [3.05, 3.63) is 12.2 Å². The van der Waals surface area contributed by atoms with E-state index in [0.29, 0.717) is 6.61 Å². The van der Waals surface area contributed by atoms with Gasteiger partial charge >= 0.3 is 0 Å². The zero-order valence-corrected chi connectivity index (χ0v) is 19.6. The van der Waals surface area contributed by atoms with Crippen molar-refractivity contribution in [3.8, 4) is 0 Å². The van der Waals surface area contributed by atoms with Crippen molar-refractivity contribution in [2.45, 2.75) is 129 Å². The average molecular weight is 396 g/mol. The maximum atomic E-state index is 9.31. The summed E-state index contributed by atoms with van der Waals surface area (Å²) in [5, 5.41) is 9.31. The van der Waals surface area contributed by atoms with Gasteiger partial charge in [-0.05, 0) is 51.6 Å². The molecular weight excluding hydrogens is 342 g/mol. The largest absolute Gasteiger partial charge is 0.395 e. The van der Waals surface area contributed by atoms with E-state index in [1.807, 2.05) is 0 Å². The lowest BCUT2D eigenvalue weighted by atomic mass is 10.1. The first kappa shape index (κ1) is 27.7. The van der Waals surface area contributed by atoms with Gasteiger partial charge in [0.05, 0.1) is 6.61 Å². The second-order valence-corrected chi connectivity index (χ2v) is 8.56. The summed E-state index contributed by atoms with van der Waals surface area (Å²) in [6.07, 6.45) is 29.2. The molecule has 2 heteroatoms. The second-order valence-electron chi connectivity index (χ2n) is 8.56. The summed E-state index contributed by atoms with van der Waals surface area (Å²) in [5.41, 5.74) is 0. The number of unbranched alkanes of at least 4 members (excludes halogenated alkanes) is 15. The van der Waals surface area contributed by atoms with Crippen LogP contribution in [0.15, 0.2) is 12.2 Å². The van der Waals surface area contributed by atoms with Crippen molar-refractivity contribution in [2.75, 3.05) is 26.2 Å². The van der Waals surface area contributed by atoms with Gasteiger partial charge in [0.15, 0.2) is 0 Å². The van der Waals surface area contributed by atoms with Gasteiger partial charge in [0.25, 0.3) is 0 Å². The molecule has 0 rings (SSSR count). The first-order valence-corrected chi connectivity index (χ1v) is 12.8. The van der Waals surface area contributed by atoms with E-state index in [0.717, 1.165) is 13.1 Å². The second kappa shape index (κ2) is 24.7. The van der Waals surface area contributed by atoms with Crippen LogP contribution in [0.3, 0.4) is 0 Å². The third-order valence-corrected chi connectivity index (χ3v) is 5.73. The van der Waals surface area contributed by atoms with E-state index in [1.165, 1.54) is 122 Å². The van der Waals surface area contributed by atoms with E-state index < -0.39 is 0 Å². The fourth-order valence-electron chi connectivity index (χ4n) is 3.82. The molecule has 0 aliphatic rings. The van der Waals surface area contributed by atoms with Crippen LogP contribution in [0, 0.1) is 0 Å². The lowest BCUT2D eigenvalue weighted by Gasteiger charge is -2.21. The molecule has 168 valence electrons. The lowest BCUT2D eigenvalue weighted by Crippen LogP contribution is -2.29. The molecule has 0 amide bonds. The Hall–Kier alpha value is -0.340. The van der Waals surface area contributed by atoms with Crippen LogP contribution < -0.4 is 0 Å². The van der Waals surface area contributed by atoms with Crippen LogP contribution in [0.2, 0.25) is 0 Å².